The van der Waals surface area contributed by atoms with Gasteiger partial charge in [-0.3, -0.25) is 9.69 Å². The number of carbonyl (C=O) groups excluding carboxylic acids is 1. The van der Waals surface area contributed by atoms with Crippen LogP contribution < -0.4 is 10.1 Å². The first-order valence-corrected chi connectivity index (χ1v) is 15.1. The van der Waals surface area contributed by atoms with Gasteiger partial charge in [0, 0.05) is 31.8 Å². The summed E-state index contributed by atoms with van der Waals surface area (Å²) < 4.78 is 20.0. The highest BCUT2D eigenvalue weighted by molar-refractivity contribution is 9.10. The molecule has 5 rings (SSSR count). The molecular formula is C33H35BrFN3O5. The van der Waals surface area contributed by atoms with Crippen LogP contribution >= 0.6 is 15.9 Å². The number of rotatable bonds is 10. The monoisotopic (exact) mass is 651 g/mol. The Morgan fingerprint density at radius 1 is 1.12 bits per heavy atom. The lowest BCUT2D eigenvalue weighted by molar-refractivity contribution is -0.128. The molecule has 3 aromatic rings. The molecule has 2 heterocycles. The Balaban J connectivity index is 1.34. The van der Waals surface area contributed by atoms with Gasteiger partial charge in [0.25, 0.3) is 5.91 Å². The van der Waals surface area contributed by atoms with Crippen molar-refractivity contribution in [3.8, 4) is 5.75 Å². The summed E-state index contributed by atoms with van der Waals surface area (Å²) in [5, 5.41) is 24.1. The number of amides is 2. The summed E-state index contributed by atoms with van der Waals surface area (Å²) in [4.78, 5) is 29.2. The van der Waals surface area contributed by atoms with E-state index >= 15 is 0 Å². The van der Waals surface area contributed by atoms with E-state index in [1.54, 1.807) is 13.1 Å². The average molecular weight is 653 g/mol. The van der Waals surface area contributed by atoms with Crippen LogP contribution in [-0.4, -0.2) is 77.4 Å². The van der Waals surface area contributed by atoms with Gasteiger partial charge in [-0.1, -0.05) is 54.6 Å². The molecule has 43 heavy (non-hydrogen) atoms. The second kappa shape index (κ2) is 13.7. The minimum absolute atomic E-state index is 0.0729. The van der Waals surface area contributed by atoms with E-state index in [-0.39, 0.29) is 24.3 Å². The Kier molecular flexibility index (Phi) is 9.79. The van der Waals surface area contributed by atoms with Gasteiger partial charge in [0.05, 0.1) is 35.8 Å². The number of ether oxygens (including phenoxy) is 1. The topological polar surface area (TPSA) is 102 Å². The zero-order valence-electron chi connectivity index (χ0n) is 23.9. The number of halogens is 2. The van der Waals surface area contributed by atoms with Crippen LogP contribution in [0.25, 0.3) is 5.57 Å². The molecule has 1 saturated heterocycles. The first-order chi connectivity index (χ1) is 20.7. The lowest BCUT2D eigenvalue weighted by Gasteiger charge is -2.46. The maximum absolute atomic E-state index is 14.0. The number of fused-ring (bicyclic) bond motifs is 2. The molecule has 2 bridgehead atoms. The fraction of sp³-hybridized carbons (Fsp3) is 0.333. The summed E-state index contributed by atoms with van der Waals surface area (Å²) in [6, 6.07) is 20.6. The number of nitrogens with one attached hydrogen (secondary N) is 1. The maximum atomic E-state index is 14.0. The van der Waals surface area contributed by atoms with Crippen LogP contribution in [-0.2, 0) is 11.2 Å². The Hall–Kier alpha value is -3.73. The molecule has 3 atom stereocenters. The highest BCUT2D eigenvalue weighted by Crippen LogP contribution is 2.38. The average Bonchev–Trinajstić information content (AvgIpc) is 3.00. The van der Waals surface area contributed by atoms with Gasteiger partial charge in [-0.05, 0) is 69.6 Å². The first kappa shape index (κ1) is 30.7. The van der Waals surface area contributed by atoms with Crippen LogP contribution in [0.15, 0.2) is 82.8 Å². The molecule has 0 radical (unpaired) electrons. The second-order valence-electron chi connectivity index (χ2n) is 10.9. The number of hydrogen-bond donors (Lipinski definition) is 3. The molecule has 10 heteroatoms. The molecule has 0 spiro atoms. The van der Waals surface area contributed by atoms with E-state index in [0.717, 1.165) is 29.5 Å². The Morgan fingerprint density at radius 3 is 2.58 bits per heavy atom. The predicted octanol–water partition coefficient (Wildman–Crippen LogP) is 5.27. The summed E-state index contributed by atoms with van der Waals surface area (Å²) in [6.07, 6.45) is -0.0365. The molecule has 8 nitrogen and oxygen atoms in total. The van der Waals surface area contributed by atoms with E-state index in [1.165, 1.54) is 21.9 Å². The normalized spacial score (nSPS) is 18.7. The van der Waals surface area contributed by atoms with Crippen molar-refractivity contribution in [2.45, 2.75) is 37.5 Å². The van der Waals surface area contributed by atoms with Crippen molar-refractivity contribution in [2.24, 2.45) is 0 Å². The van der Waals surface area contributed by atoms with Crippen LogP contribution in [0.2, 0.25) is 0 Å². The molecule has 3 N–H and O–H groups in total. The van der Waals surface area contributed by atoms with E-state index in [1.807, 2.05) is 54.6 Å². The molecule has 2 aliphatic rings. The quantitative estimate of drug-likeness (QED) is 0.258. The van der Waals surface area contributed by atoms with Crippen molar-refractivity contribution in [1.82, 2.24) is 15.1 Å². The van der Waals surface area contributed by atoms with Crippen molar-refractivity contribution in [3.63, 3.8) is 0 Å². The lowest BCUT2D eigenvalue weighted by atomic mass is 9.81. The molecule has 0 saturated carbocycles. The molecule has 226 valence electrons. The van der Waals surface area contributed by atoms with Gasteiger partial charge in [0.1, 0.15) is 11.6 Å². The molecule has 0 aliphatic carbocycles. The number of likely N-dealkylation sites (N-methyl/N-ethyl adjacent to an activating group) is 1. The number of nitrogens with zero attached hydrogens (tertiary/aromatic N) is 2. The van der Waals surface area contributed by atoms with Crippen LogP contribution in [0.3, 0.4) is 0 Å². The van der Waals surface area contributed by atoms with Crippen LogP contribution in [0.1, 0.15) is 35.6 Å². The van der Waals surface area contributed by atoms with Crippen molar-refractivity contribution in [1.29, 1.82) is 0 Å². The third kappa shape index (κ3) is 7.09. The third-order valence-electron chi connectivity index (χ3n) is 8.04. The molecular weight excluding hydrogens is 617 g/mol. The second-order valence-corrected chi connectivity index (χ2v) is 11.8. The summed E-state index contributed by atoms with van der Waals surface area (Å²) in [5.74, 6) is -0.185. The summed E-state index contributed by atoms with van der Waals surface area (Å²) >= 11 is 3.37. The predicted molar refractivity (Wildman–Crippen MR) is 165 cm³/mol. The van der Waals surface area contributed by atoms with Crippen molar-refractivity contribution < 1.29 is 28.9 Å². The van der Waals surface area contributed by atoms with Gasteiger partial charge in [-0.2, -0.15) is 0 Å². The van der Waals surface area contributed by atoms with Gasteiger partial charge in [0.15, 0.2) is 0 Å². The van der Waals surface area contributed by atoms with E-state index in [9.17, 15) is 24.2 Å². The Morgan fingerprint density at radius 2 is 1.86 bits per heavy atom. The fourth-order valence-electron chi connectivity index (χ4n) is 5.88. The van der Waals surface area contributed by atoms with Gasteiger partial charge in [-0.15, -0.1) is 0 Å². The first-order valence-electron chi connectivity index (χ1n) is 14.3. The number of hydrogen-bond acceptors (Lipinski definition) is 5. The van der Waals surface area contributed by atoms with E-state index < -0.39 is 18.2 Å². The number of carboxylic acid groups (broad SMARTS) is 1. The largest absolute Gasteiger partial charge is 0.492 e. The highest BCUT2D eigenvalue weighted by atomic mass is 79.9. The molecule has 1 fully saturated rings. The minimum Gasteiger partial charge on any atom is -0.492 e. The smallest absolute Gasteiger partial charge is 0.408 e. The van der Waals surface area contributed by atoms with E-state index in [0.29, 0.717) is 47.5 Å². The SMILES string of the molecule is CN(C[C@@H](O)c1ccccc1)C(=O)C1=C(c2ccc(CCCOc3cc(F)ccc3Br)cc2)C[C@@H]2CNC[C@H]1N2C(=O)O. The van der Waals surface area contributed by atoms with Crippen molar-refractivity contribution in [2.75, 3.05) is 33.3 Å². The highest BCUT2D eigenvalue weighted by Gasteiger charge is 2.44. The van der Waals surface area contributed by atoms with Gasteiger partial charge < -0.3 is 25.2 Å². The van der Waals surface area contributed by atoms with Gasteiger partial charge >= 0.3 is 6.09 Å². The number of piperazine rings is 1. The summed E-state index contributed by atoms with van der Waals surface area (Å²) in [5.41, 5.74) is 3.95. The fourth-order valence-corrected chi connectivity index (χ4v) is 6.24. The molecule has 2 amide bonds. The zero-order chi connectivity index (χ0) is 30.5. The number of aliphatic hydroxyl groups is 1. The number of aliphatic hydroxyl groups excluding tert-OH is 1. The molecule has 0 aromatic heterocycles. The lowest BCUT2D eigenvalue weighted by Crippen LogP contribution is -2.63. The van der Waals surface area contributed by atoms with Crippen LogP contribution in [0, 0.1) is 5.82 Å². The Labute approximate surface area is 258 Å². The molecule has 3 aromatic carbocycles. The van der Waals surface area contributed by atoms with Crippen molar-refractivity contribution in [3.05, 3.63) is 105 Å². The summed E-state index contributed by atoms with van der Waals surface area (Å²) in [7, 11) is 1.64. The van der Waals surface area contributed by atoms with Crippen molar-refractivity contribution >= 4 is 33.5 Å². The number of carbonyl (C=O) groups is 2. The minimum atomic E-state index is -1.05. The van der Waals surface area contributed by atoms with Gasteiger partial charge in [-0.25, -0.2) is 9.18 Å². The van der Waals surface area contributed by atoms with Crippen LogP contribution in [0.5, 0.6) is 5.75 Å². The van der Waals surface area contributed by atoms with E-state index in [4.69, 9.17) is 4.74 Å². The Bertz CT molecular complexity index is 1480. The maximum Gasteiger partial charge on any atom is 0.408 e. The summed E-state index contributed by atoms with van der Waals surface area (Å²) in [6.45, 7) is 1.34. The molecule has 0 unspecified atom stereocenters. The number of aryl methyl sites for hydroxylation is 1. The standard InChI is InChI=1S/C33H35BrFN3O5/c1-37(20-29(39)23-7-3-2-4-8-23)32(40)31-26(17-25-18-36-19-28(31)38(25)33(41)42)22-11-9-21(10-12-22)6-5-15-43-30-16-24(35)13-14-27(30)34/h2-4,7-14,16,25,28-29,36,39H,5-6,15,17-20H2,1H3,(H,41,42)/t25-,28-,29-/m1/s1. The third-order valence-corrected chi connectivity index (χ3v) is 8.69. The van der Waals surface area contributed by atoms with E-state index in [2.05, 4.69) is 21.2 Å². The van der Waals surface area contributed by atoms with Crippen LogP contribution in [0.4, 0.5) is 9.18 Å². The zero-order valence-corrected chi connectivity index (χ0v) is 25.5. The number of benzene rings is 3. The van der Waals surface area contributed by atoms with Gasteiger partial charge in [0.2, 0.25) is 0 Å². The molecule has 2 aliphatic heterocycles.